The summed E-state index contributed by atoms with van der Waals surface area (Å²) in [6.07, 6.45) is 2.23. The van der Waals surface area contributed by atoms with Crippen LogP contribution in [0.5, 0.6) is 5.75 Å². The number of hydrogen-bond acceptors (Lipinski definition) is 3. The third-order valence-electron chi connectivity index (χ3n) is 1.59. The minimum atomic E-state index is 0.121. The van der Waals surface area contributed by atoms with Gasteiger partial charge in [0.15, 0.2) is 5.75 Å². The number of hydrogen-bond donors (Lipinski definition) is 1. The Labute approximate surface area is 65.4 Å². The zero-order valence-corrected chi connectivity index (χ0v) is 6.74. The molecule has 4 nitrogen and oxygen atoms in total. The monoisotopic (exact) mass is 156 g/mol. The highest BCUT2D eigenvalue weighted by atomic mass is 16.5. The minimum Gasteiger partial charge on any atom is -0.493 e. The van der Waals surface area contributed by atoms with Crippen LogP contribution in [-0.4, -0.2) is 28.6 Å². The van der Waals surface area contributed by atoms with Gasteiger partial charge in [0.1, 0.15) is 0 Å². The van der Waals surface area contributed by atoms with Gasteiger partial charge in [-0.3, -0.25) is 4.68 Å². The third kappa shape index (κ3) is 1.51. The van der Waals surface area contributed by atoms with Crippen LogP contribution in [0.15, 0.2) is 6.20 Å². The summed E-state index contributed by atoms with van der Waals surface area (Å²) in [5, 5.41) is 12.7. The van der Waals surface area contributed by atoms with Crippen LogP contribution in [0.1, 0.15) is 5.69 Å². The van der Waals surface area contributed by atoms with Crippen molar-refractivity contribution < 1.29 is 9.84 Å². The first-order chi connectivity index (χ1) is 5.29. The van der Waals surface area contributed by atoms with Gasteiger partial charge in [-0.05, 0) is 0 Å². The maximum Gasteiger partial charge on any atom is 0.160 e. The Hall–Kier alpha value is -1.03. The average molecular weight is 156 g/mol. The number of ether oxygens (including phenoxy) is 1. The summed E-state index contributed by atoms with van der Waals surface area (Å²) >= 11 is 0. The van der Waals surface area contributed by atoms with E-state index in [1.165, 1.54) is 0 Å². The van der Waals surface area contributed by atoms with Gasteiger partial charge in [0.2, 0.25) is 0 Å². The molecule has 0 aromatic carbocycles. The number of methoxy groups -OCH3 is 1. The van der Waals surface area contributed by atoms with Crippen LogP contribution < -0.4 is 4.74 Å². The Morgan fingerprint density at radius 1 is 1.73 bits per heavy atom. The predicted octanol–water partition coefficient (Wildman–Crippen LogP) is -0.0365. The van der Waals surface area contributed by atoms with E-state index in [4.69, 9.17) is 9.84 Å². The number of aliphatic hydroxyl groups is 1. The standard InChI is InChI=1S/C7H12N2O2/c1-9-6(3-4-10)7(11-2)5-8-9/h5,10H,3-4H2,1-2H3. The number of aliphatic hydroxyl groups excluding tert-OH is 1. The second-order valence-electron chi connectivity index (χ2n) is 2.26. The maximum atomic E-state index is 8.69. The first-order valence-electron chi connectivity index (χ1n) is 3.45. The molecule has 0 fully saturated rings. The number of aromatic nitrogens is 2. The van der Waals surface area contributed by atoms with Crippen LogP contribution in [0, 0.1) is 0 Å². The molecule has 1 N–H and O–H groups in total. The molecule has 0 aliphatic carbocycles. The van der Waals surface area contributed by atoms with Crippen LogP contribution in [0.4, 0.5) is 0 Å². The normalized spacial score (nSPS) is 10.1. The van der Waals surface area contributed by atoms with Crippen LogP contribution >= 0.6 is 0 Å². The van der Waals surface area contributed by atoms with Gasteiger partial charge in [0.25, 0.3) is 0 Å². The van der Waals surface area contributed by atoms with Crippen LogP contribution in [0.2, 0.25) is 0 Å². The van der Waals surface area contributed by atoms with E-state index < -0.39 is 0 Å². The van der Waals surface area contributed by atoms with Gasteiger partial charge in [0.05, 0.1) is 19.0 Å². The van der Waals surface area contributed by atoms with Crippen molar-refractivity contribution in [1.29, 1.82) is 0 Å². The summed E-state index contributed by atoms with van der Waals surface area (Å²) < 4.78 is 6.73. The first-order valence-corrected chi connectivity index (χ1v) is 3.45. The molecule has 0 amide bonds. The quantitative estimate of drug-likeness (QED) is 0.668. The summed E-state index contributed by atoms with van der Waals surface area (Å²) in [5.41, 5.74) is 0.926. The van der Waals surface area contributed by atoms with Crippen molar-refractivity contribution in [1.82, 2.24) is 9.78 Å². The second kappa shape index (κ2) is 3.39. The van der Waals surface area contributed by atoms with E-state index in [-0.39, 0.29) is 6.61 Å². The van der Waals surface area contributed by atoms with Crippen LogP contribution in [0.3, 0.4) is 0 Å². The van der Waals surface area contributed by atoms with E-state index in [1.807, 2.05) is 7.05 Å². The van der Waals surface area contributed by atoms with Crippen molar-refractivity contribution in [3.63, 3.8) is 0 Å². The molecule has 1 aromatic rings. The third-order valence-corrected chi connectivity index (χ3v) is 1.59. The van der Waals surface area contributed by atoms with Gasteiger partial charge in [-0.1, -0.05) is 0 Å². The molecule has 0 unspecified atom stereocenters. The molecule has 0 atom stereocenters. The molecule has 1 heterocycles. The minimum absolute atomic E-state index is 0.121. The highest BCUT2D eigenvalue weighted by Gasteiger charge is 2.06. The molecule has 62 valence electrons. The van der Waals surface area contributed by atoms with Crippen molar-refractivity contribution >= 4 is 0 Å². The van der Waals surface area contributed by atoms with Gasteiger partial charge in [0, 0.05) is 20.1 Å². The van der Waals surface area contributed by atoms with Gasteiger partial charge in [-0.15, -0.1) is 0 Å². The van der Waals surface area contributed by atoms with Crippen LogP contribution in [-0.2, 0) is 13.5 Å². The number of aryl methyl sites for hydroxylation is 1. The first kappa shape index (κ1) is 8.07. The van der Waals surface area contributed by atoms with Crippen molar-refractivity contribution in [2.45, 2.75) is 6.42 Å². The topological polar surface area (TPSA) is 47.3 Å². The van der Waals surface area contributed by atoms with E-state index in [0.29, 0.717) is 6.42 Å². The Bertz CT molecular complexity index is 232. The summed E-state index contributed by atoms with van der Waals surface area (Å²) in [5.74, 6) is 0.738. The predicted molar refractivity (Wildman–Crippen MR) is 40.5 cm³/mol. The van der Waals surface area contributed by atoms with E-state index >= 15 is 0 Å². The molecule has 11 heavy (non-hydrogen) atoms. The van der Waals surface area contributed by atoms with E-state index in [1.54, 1.807) is 18.0 Å². The molecule has 0 spiro atoms. The lowest BCUT2D eigenvalue weighted by atomic mass is 10.3. The fourth-order valence-corrected chi connectivity index (χ4v) is 1.00. The molecule has 0 aliphatic heterocycles. The van der Waals surface area contributed by atoms with Crippen molar-refractivity contribution in [2.75, 3.05) is 13.7 Å². The molecule has 0 saturated heterocycles. The Morgan fingerprint density at radius 3 is 3.00 bits per heavy atom. The van der Waals surface area contributed by atoms with Crippen LogP contribution in [0.25, 0.3) is 0 Å². The summed E-state index contributed by atoms with van der Waals surface area (Å²) in [6, 6.07) is 0. The van der Waals surface area contributed by atoms with Crippen molar-refractivity contribution in [2.24, 2.45) is 7.05 Å². The van der Waals surface area contributed by atoms with Gasteiger partial charge < -0.3 is 9.84 Å². The Balaban J connectivity index is 2.88. The largest absolute Gasteiger partial charge is 0.493 e. The van der Waals surface area contributed by atoms with E-state index in [9.17, 15) is 0 Å². The van der Waals surface area contributed by atoms with Crippen molar-refractivity contribution in [3.05, 3.63) is 11.9 Å². The molecule has 0 bridgehead atoms. The summed E-state index contributed by atoms with van der Waals surface area (Å²) in [7, 11) is 3.42. The highest BCUT2D eigenvalue weighted by molar-refractivity contribution is 5.24. The molecule has 0 aliphatic rings. The van der Waals surface area contributed by atoms with E-state index in [2.05, 4.69) is 5.10 Å². The molecule has 0 saturated carbocycles. The summed E-state index contributed by atoms with van der Waals surface area (Å²) in [4.78, 5) is 0. The van der Waals surface area contributed by atoms with E-state index in [0.717, 1.165) is 11.4 Å². The van der Waals surface area contributed by atoms with Crippen molar-refractivity contribution in [3.8, 4) is 5.75 Å². The second-order valence-corrected chi connectivity index (χ2v) is 2.26. The lowest BCUT2D eigenvalue weighted by Gasteiger charge is -2.01. The lowest BCUT2D eigenvalue weighted by Crippen LogP contribution is -2.02. The van der Waals surface area contributed by atoms with Gasteiger partial charge >= 0.3 is 0 Å². The average Bonchev–Trinajstić information content (AvgIpc) is 2.34. The number of nitrogens with zero attached hydrogens (tertiary/aromatic N) is 2. The van der Waals surface area contributed by atoms with Gasteiger partial charge in [-0.25, -0.2) is 0 Å². The van der Waals surface area contributed by atoms with Gasteiger partial charge in [-0.2, -0.15) is 5.10 Å². The molecule has 4 heteroatoms. The molecular weight excluding hydrogens is 144 g/mol. The molecule has 1 aromatic heterocycles. The molecule has 1 rings (SSSR count). The Kier molecular flexibility index (Phi) is 2.48. The highest BCUT2D eigenvalue weighted by Crippen LogP contribution is 2.15. The zero-order chi connectivity index (χ0) is 8.27. The lowest BCUT2D eigenvalue weighted by molar-refractivity contribution is 0.293. The molecular formula is C7H12N2O2. The zero-order valence-electron chi connectivity index (χ0n) is 6.74. The summed E-state index contributed by atoms with van der Waals surface area (Å²) in [6.45, 7) is 0.121. The number of rotatable bonds is 3. The maximum absolute atomic E-state index is 8.69. The fourth-order valence-electron chi connectivity index (χ4n) is 1.00. The Morgan fingerprint density at radius 2 is 2.45 bits per heavy atom. The fraction of sp³-hybridized carbons (Fsp3) is 0.571. The smallest absolute Gasteiger partial charge is 0.160 e. The molecule has 0 radical (unpaired) electrons. The SMILES string of the molecule is COc1cnn(C)c1CCO.